The predicted octanol–water partition coefficient (Wildman–Crippen LogP) is 2.64. The van der Waals surface area contributed by atoms with Gasteiger partial charge in [0, 0.05) is 25.8 Å². The third-order valence-electron chi connectivity index (χ3n) is 4.66. The maximum atomic E-state index is 12.9. The predicted molar refractivity (Wildman–Crippen MR) is 107 cm³/mol. The minimum Gasteiger partial charge on any atom is -0.379 e. The number of ether oxygens (including phenoxy) is 1. The lowest BCUT2D eigenvalue weighted by Crippen LogP contribution is -2.40. The van der Waals surface area contributed by atoms with Crippen LogP contribution in [0.2, 0.25) is 0 Å². The molecular formula is C19H25N3O3S2. The molecule has 0 amide bonds. The van der Waals surface area contributed by atoms with Gasteiger partial charge < -0.3 is 9.30 Å². The smallest absolute Gasteiger partial charge is 0.244 e. The van der Waals surface area contributed by atoms with Crippen LogP contribution in [0.4, 0.5) is 0 Å². The lowest BCUT2D eigenvalue weighted by atomic mass is 10.1. The number of hydrogen-bond donors (Lipinski definition) is 0. The number of sulfonamides is 1. The Labute approximate surface area is 166 Å². The van der Waals surface area contributed by atoms with E-state index in [-0.39, 0.29) is 4.90 Å². The zero-order valence-corrected chi connectivity index (χ0v) is 17.3. The molecule has 0 unspecified atom stereocenters. The van der Waals surface area contributed by atoms with Crippen molar-refractivity contribution >= 4 is 22.2 Å². The van der Waals surface area contributed by atoms with Gasteiger partial charge in [-0.1, -0.05) is 36.5 Å². The van der Waals surface area contributed by atoms with E-state index >= 15 is 0 Å². The molecule has 2 aromatic rings. The number of pyridine rings is 1. The topological polar surface area (TPSA) is 54.8 Å². The van der Waals surface area contributed by atoms with Crippen molar-refractivity contribution in [2.75, 3.05) is 33.4 Å². The molecular weight excluding hydrogens is 382 g/mol. The van der Waals surface area contributed by atoms with Gasteiger partial charge in [0.15, 0.2) is 0 Å². The van der Waals surface area contributed by atoms with Crippen molar-refractivity contribution in [1.82, 2.24) is 13.8 Å². The van der Waals surface area contributed by atoms with Crippen molar-refractivity contribution in [2.24, 2.45) is 0 Å². The molecule has 1 aromatic carbocycles. The fraction of sp³-hybridized carbons (Fsp3) is 0.421. The van der Waals surface area contributed by atoms with E-state index in [1.54, 1.807) is 22.9 Å². The van der Waals surface area contributed by atoms with Gasteiger partial charge in [0.05, 0.1) is 24.8 Å². The molecule has 1 aliphatic heterocycles. The molecule has 0 aliphatic carbocycles. The van der Waals surface area contributed by atoms with Crippen LogP contribution in [0.5, 0.6) is 0 Å². The van der Waals surface area contributed by atoms with Crippen LogP contribution in [0.3, 0.4) is 0 Å². The molecule has 146 valence electrons. The Hall–Kier alpha value is -1.58. The van der Waals surface area contributed by atoms with Crippen molar-refractivity contribution < 1.29 is 13.2 Å². The van der Waals surface area contributed by atoms with E-state index in [0.717, 1.165) is 6.54 Å². The van der Waals surface area contributed by atoms with Crippen LogP contribution in [0, 0.1) is 11.6 Å². The lowest BCUT2D eigenvalue weighted by Gasteiger charge is -2.26. The summed E-state index contributed by atoms with van der Waals surface area (Å²) < 4.78 is 34.9. The fourth-order valence-corrected chi connectivity index (χ4v) is 4.70. The second-order valence-electron chi connectivity index (χ2n) is 6.77. The standard InChI is InChI=1S/C19H25N3O3S2/c1-16-5-3-4-6-17(16)13-20(2)15-21-14-18(7-8-19(21)26)27(23,24)22-9-11-25-12-10-22/h3-8,14H,9-13,15H2,1-2H3. The molecule has 1 aliphatic rings. The minimum atomic E-state index is -3.54. The van der Waals surface area contributed by atoms with Crippen molar-refractivity contribution in [3.63, 3.8) is 0 Å². The maximum Gasteiger partial charge on any atom is 0.244 e. The molecule has 0 spiro atoms. The van der Waals surface area contributed by atoms with Crippen LogP contribution in [0.25, 0.3) is 0 Å². The van der Waals surface area contributed by atoms with Crippen LogP contribution in [0.1, 0.15) is 11.1 Å². The Balaban J connectivity index is 1.79. The summed E-state index contributed by atoms with van der Waals surface area (Å²) in [6.07, 6.45) is 1.64. The van der Waals surface area contributed by atoms with Gasteiger partial charge in [-0.2, -0.15) is 4.31 Å². The summed E-state index contributed by atoms with van der Waals surface area (Å²) in [4.78, 5) is 2.38. The number of hydrogen-bond acceptors (Lipinski definition) is 5. The van der Waals surface area contributed by atoms with E-state index in [1.807, 2.05) is 19.2 Å². The molecule has 0 radical (unpaired) electrons. The maximum absolute atomic E-state index is 12.9. The second-order valence-corrected chi connectivity index (χ2v) is 9.13. The molecule has 0 saturated carbocycles. The van der Waals surface area contributed by atoms with Gasteiger partial charge in [-0.15, -0.1) is 0 Å². The van der Waals surface area contributed by atoms with Crippen LogP contribution < -0.4 is 0 Å². The van der Waals surface area contributed by atoms with Gasteiger partial charge in [0.25, 0.3) is 0 Å². The zero-order valence-electron chi connectivity index (χ0n) is 15.7. The van der Waals surface area contributed by atoms with Gasteiger partial charge in [0.1, 0.15) is 4.64 Å². The van der Waals surface area contributed by atoms with Gasteiger partial charge in [0.2, 0.25) is 10.0 Å². The molecule has 6 nitrogen and oxygen atoms in total. The zero-order chi connectivity index (χ0) is 19.4. The molecule has 0 bridgehead atoms. The number of rotatable bonds is 6. The molecule has 8 heteroatoms. The summed E-state index contributed by atoms with van der Waals surface area (Å²) in [5.74, 6) is 0. The number of aromatic nitrogens is 1. The first-order valence-corrected chi connectivity index (χ1v) is 10.7. The molecule has 1 fully saturated rings. The quantitative estimate of drug-likeness (QED) is 0.689. The van der Waals surface area contributed by atoms with E-state index in [4.69, 9.17) is 17.0 Å². The largest absolute Gasteiger partial charge is 0.379 e. The molecule has 27 heavy (non-hydrogen) atoms. The van der Waals surface area contributed by atoms with Crippen molar-refractivity contribution in [3.05, 3.63) is 58.4 Å². The average molecular weight is 408 g/mol. The van der Waals surface area contributed by atoms with E-state index < -0.39 is 10.0 Å². The van der Waals surface area contributed by atoms with Crippen molar-refractivity contribution in [3.8, 4) is 0 Å². The Kier molecular flexibility index (Phi) is 6.44. The molecule has 1 aromatic heterocycles. The van der Waals surface area contributed by atoms with Crippen LogP contribution in [0.15, 0.2) is 47.5 Å². The molecule has 3 rings (SSSR count). The summed E-state index contributed by atoms with van der Waals surface area (Å²) in [6, 6.07) is 11.5. The van der Waals surface area contributed by atoms with Crippen LogP contribution in [-0.2, 0) is 28.0 Å². The van der Waals surface area contributed by atoms with E-state index in [1.165, 1.54) is 15.4 Å². The fourth-order valence-electron chi connectivity index (χ4n) is 3.10. The summed E-state index contributed by atoms with van der Waals surface area (Å²) in [5, 5.41) is 0. The highest BCUT2D eigenvalue weighted by atomic mass is 32.2. The Morgan fingerprint density at radius 3 is 2.56 bits per heavy atom. The molecule has 1 saturated heterocycles. The van der Waals surface area contributed by atoms with Crippen molar-refractivity contribution in [1.29, 1.82) is 0 Å². The highest BCUT2D eigenvalue weighted by Gasteiger charge is 2.26. The second kappa shape index (κ2) is 8.62. The Morgan fingerprint density at radius 2 is 1.85 bits per heavy atom. The van der Waals surface area contributed by atoms with Crippen molar-refractivity contribution in [2.45, 2.75) is 25.0 Å². The first-order chi connectivity index (χ1) is 12.9. The monoisotopic (exact) mass is 407 g/mol. The SMILES string of the molecule is Cc1ccccc1CN(C)Cn1cc(S(=O)(=O)N2CCOCC2)ccc1=S. The average Bonchev–Trinajstić information content (AvgIpc) is 2.66. The van der Waals surface area contributed by atoms with E-state index in [9.17, 15) is 8.42 Å². The van der Waals surface area contributed by atoms with E-state index in [2.05, 4.69) is 24.0 Å². The Morgan fingerprint density at radius 1 is 1.15 bits per heavy atom. The van der Waals surface area contributed by atoms with Gasteiger partial charge in [-0.3, -0.25) is 4.90 Å². The van der Waals surface area contributed by atoms with Crippen LogP contribution >= 0.6 is 12.2 Å². The minimum absolute atomic E-state index is 0.266. The summed E-state index contributed by atoms with van der Waals surface area (Å²) in [7, 11) is -1.54. The van der Waals surface area contributed by atoms with Gasteiger partial charge in [-0.05, 0) is 37.2 Å². The summed E-state index contributed by atoms with van der Waals surface area (Å²) in [6.45, 7) is 4.98. The first kappa shape index (κ1) is 20.2. The molecule has 0 N–H and O–H groups in total. The Bertz CT molecular complexity index is 951. The molecule has 0 atom stereocenters. The number of aryl methyl sites for hydroxylation is 1. The number of nitrogens with zero attached hydrogens (tertiary/aromatic N) is 3. The third kappa shape index (κ3) is 4.83. The normalized spacial score (nSPS) is 16.0. The highest BCUT2D eigenvalue weighted by Crippen LogP contribution is 2.18. The first-order valence-electron chi connectivity index (χ1n) is 8.89. The van der Waals surface area contributed by atoms with Gasteiger partial charge >= 0.3 is 0 Å². The van der Waals surface area contributed by atoms with E-state index in [0.29, 0.717) is 37.6 Å². The third-order valence-corrected chi connectivity index (χ3v) is 6.91. The summed E-state index contributed by atoms with van der Waals surface area (Å²) >= 11 is 5.41. The molecule has 2 heterocycles. The van der Waals surface area contributed by atoms with Gasteiger partial charge in [-0.25, -0.2) is 8.42 Å². The number of benzene rings is 1. The highest BCUT2D eigenvalue weighted by molar-refractivity contribution is 7.89. The lowest BCUT2D eigenvalue weighted by molar-refractivity contribution is 0.0730. The number of morpholine rings is 1. The van der Waals surface area contributed by atoms with Crippen LogP contribution in [-0.4, -0.2) is 55.5 Å². The summed E-state index contributed by atoms with van der Waals surface area (Å²) in [5.41, 5.74) is 2.47.